The normalized spacial score (nSPS) is 10.2. The molecule has 100 valence electrons. The number of benzene rings is 1. The highest BCUT2D eigenvalue weighted by molar-refractivity contribution is 5.88. The first kappa shape index (κ1) is 12.9. The van der Waals surface area contributed by atoms with Gasteiger partial charge in [-0.25, -0.2) is 4.79 Å². The summed E-state index contributed by atoms with van der Waals surface area (Å²) in [5.74, 6) is 0. The van der Waals surface area contributed by atoms with Gasteiger partial charge in [-0.05, 0) is 25.1 Å². The SMILES string of the molecule is Cc1nn(C)cc1CNc1cccc(NC(N)=O)c1. The van der Waals surface area contributed by atoms with Gasteiger partial charge in [0, 0.05) is 36.7 Å². The lowest BCUT2D eigenvalue weighted by molar-refractivity contribution is 0.259. The van der Waals surface area contributed by atoms with Crippen LogP contribution in [-0.4, -0.2) is 15.8 Å². The lowest BCUT2D eigenvalue weighted by atomic mass is 10.2. The molecule has 0 atom stereocenters. The predicted molar refractivity (Wildman–Crippen MR) is 74.9 cm³/mol. The Bertz CT molecular complexity index is 590. The van der Waals surface area contributed by atoms with E-state index in [-0.39, 0.29) is 0 Å². The molecule has 2 aromatic rings. The van der Waals surface area contributed by atoms with Crippen LogP contribution in [0.2, 0.25) is 0 Å². The number of hydrogen-bond acceptors (Lipinski definition) is 3. The van der Waals surface area contributed by atoms with Crippen LogP contribution in [0.3, 0.4) is 0 Å². The van der Waals surface area contributed by atoms with Gasteiger partial charge in [-0.3, -0.25) is 4.68 Å². The number of nitrogens with zero attached hydrogens (tertiary/aromatic N) is 2. The van der Waals surface area contributed by atoms with E-state index in [1.54, 1.807) is 10.7 Å². The standard InChI is InChI=1S/C13H17N5O/c1-9-10(8-18(2)17-9)7-15-11-4-3-5-12(6-11)16-13(14)19/h3-6,8,15H,7H2,1-2H3,(H3,14,16,19). The molecule has 6 nitrogen and oxygen atoms in total. The number of aromatic nitrogens is 2. The number of anilines is 2. The van der Waals surface area contributed by atoms with Gasteiger partial charge in [0.05, 0.1) is 5.69 Å². The largest absolute Gasteiger partial charge is 0.381 e. The zero-order valence-corrected chi connectivity index (χ0v) is 11.0. The molecule has 0 saturated carbocycles. The maximum Gasteiger partial charge on any atom is 0.316 e. The number of urea groups is 1. The van der Waals surface area contributed by atoms with Crippen molar-refractivity contribution in [3.63, 3.8) is 0 Å². The van der Waals surface area contributed by atoms with E-state index in [2.05, 4.69) is 15.7 Å². The first-order valence-electron chi connectivity index (χ1n) is 5.94. The zero-order chi connectivity index (χ0) is 13.8. The lowest BCUT2D eigenvalue weighted by Gasteiger charge is -2.08. The molecule has 0 aliphatic carbocycles. The van der Waals surface area contributed by atoms with E-state index in [9.17, 15) is 4.79 Å². The molecule has 0 spiro atoms. The Hall–Kier alpha value is -2.50. The van der Waals surface area contributed by atoms with Crippen LogP contribution in [0.1, 0.15) is 11.3 Å². The minimum absolute atomic E-state index is 0.569. The van der Waals surface area contributed by atoms with Gasteiger partial charge in [-0.15, -0.1) is 0 Å². The summed E-state index contributed by atoms with van der Waals surface area (Å²) >= 11 is 0. The molecular weight excluding hydrogens is 242 g/mol. The Morgan fingerprint density at radius 2 is 2.16 bits per heavy atom. The second kappa shape index (κ2) is 5.43. The summed E-state index contributed by atoms with van der Waals surface area (Å²) in [6.45, 7) is 2.65. The molecule has 1 aromatic heterocycles. The van der Waals surface area contributed by atoms with Crippen molar-refractivity contribution < 1.29 is 4.79 Å². The van der Waals surface area contributed by atoms with Crippen molar-refractivity contribution in [2.24, 2.45) is 12.8 Å². The van der Waals surface area contributed by atoms with Crippen molar-refractivity contribution in [2.45, 2.75) is 13.5 Å². The third-order valence-corrected chi connectivity index (χ3v) is 2.73. The number of primary amides is 1. The van der Waals surface area contributed by atoms with Gasteiger partial charge in [0.15, 0.2) is 0 Å². The number of carbonyl (C=O) groups excluding carboxylic acids is 1. The summed E-state index contributed by atoms with van der Waals surface area (Å²) in [4.78, 5) is 10.8. The molecule has 0 bridgehead atoms. The van der Waals surface area contributed by atoms with Gasteiger partial charge in [-0.1, -0.05) is 6.07 Å². The number of nitrogens with one attached hydrogen (secondary N) is 2. The zero-order valence-electron chi connectivity index (χ0n) is 11.0. The first-order valence-corrected chi connectivity index (χ1v) is 5.94. The third kappa shape index (κ3) is 3.48. The summed E-state index contributed by atoms with van der Waals surface area (Å²) in [5, 5.41) is 10.1. The molecule has 6 heteroatoms. The van der Waals surface area contributed by atoms with E-state index in [1.165, 1.54) is 0 Å². The molecule has 0 fully saturated rings. The van der Waals surface area contributed by atoms with Gasteiger partial charge >= 0.3 is 6.03 Å². The molecule has 0 unspecified atom stereocenters. The van der Waals surface area contributed by atoms with Crippen LogP contribution in [0, 0.1) is 6.92 Å². The van der Waals surface area contributed by atoms with Crippen LogP contribution in [0.5, 0.6) is 0 Å². The van der Waals surface area contributed by atoms with E-state index in [1.807, 2.05) is 38.4 Å². The Morgan fingerprint density at radius 1 is 1.42 bits per heavy atom. The molecular formula is C13H17N5O. The summed E-state index contributed by atoms with van der Waals surface area (Å²) in [5.41, 5.74) is 8.80. The van der Waals surface area contributed by atoms with Crippen LogP contribution in [0.25, 0.3) is 0 Å². The van der Waals surface area contributed by atoms with Gasteiger partial charge < -0.3 is 16.4 Å². The van der Waals surface area contributed by atoms with Crippen LogP contribution in [0.15, 0.2) is 30.5 Å². The van der Waals surface area contributed by atoms with Gasteiger partial charge in [0.2, 0.25) is 0 Å². The minimum atomic E-state index is -0.569. The van der Waals surface area contributed by atoms with Gasteiger partial charge in [-0.2, -0.15) is 5.10 Å². The molecule has 0 radical (unpaired) electrons. The van der Waals surface area contributed by atoms with Crippen molar-refractivity contribution in [3.05, 3.63) is 41.7 Å². The number of aryl methyl sites for hydroxylation is 2. The topological polar surface area (TPSA) is 85.0 Å². The predicted octanol–water partition coefficient (Wildman–Crippen LogP) is 1.83. The fourth-order valence-electron chi connectivity index (χ4n) is 1.87. The Kier molecular flexibility index (Phi) is 3.70. The van der Waals surface area contributed by atoms with Gasteiger partial charge in [0.1, 0.15) is 0 Å². The number of amides is 2. The summed E-state index contributed by atoms with van der Waals surface area (Å²) in [6, 6.07) is 6.82. The first-order chi connectivity index (χ1) is 9.04. The van der Waals surface area contributed by atoms with Crippen molar-refractivity contribution >= 4 is 17.4 Å². The van der Waals surface area contributed by atoms with E-state index in [0.717, 1.165) is 16.9 Å². The quantitative estimate of drug-likeness (QED) is 0.783. The molecule has 4 N–H and O–H groups in total. The lowest BCUT2D eigenvalue weighted by Crippen LogP contribution is -2.19. The van der Waals surface area contributed by atoms with E-state index in [4.69, 9.17) is 5.73 Å². The maximum atomic E-state index is 10.8. The minimum Gasteiger partial charge on any atom is -0.381 e. The van der Waals surface area contributed by atoms with Gasteiger partial charge in [0.25, 0.3) is 0 Å². The maximum absolute atomic E-state index is 10.8. The Morgan fingerprint density at radius 3 is 2.79 bits per heavy atom. The Balaban J connectivity index is 2.03. The summed E-state index contributed by atoms with van der Waals surface area (Å²) in [6.07, 6.45) is 1.98. The fourth-order valence-corrected chi connectivity index (χ4v) is 1.87. The summed E-state index contributed by atoms with van der Waals surface area (Å²) in [7, 11) is 1.90. The number of nitrogens with two attached hydrogens (primary N) is 1. The molecule has 19 heavy (non-hydrogen) atoms. The molecule has 2 rings (SSSR count). The molecule has 1 heterocycles. The molecule has 2 amide bonds. The smallest absolute Gasteiger partial charge is 0.316 e. The summed E-state index contributed by atoms with van der Waals surface area (Å²) < 4.78 is 1.79. The van der Waals surface area contributed by atoms with Crippen molar-refractivity contribution in [1.29, 1.82) is 0 Å². The highest BCUT2D eigenvalue weighted by Gasteiger charge is 2.03. The van der Waals surface area contributed by atoms with E-state index < -0.39 is 6.03 Å². The Labute approximate surface area is 111 Å². The molecule has 1 aromatic carbocycles. The van der Waals surface area contributed by atoms with E-state index >= 15 is 0 Å². The van der Waals surface area contributed by atoms with E-state index in [0.29, 0.717) is 12.2 Å². The van der Waals surface area contributed by atoms with Crippen LogP contribution in [-0.2, 0) is 13.6 Å². The number of rotatable bonds is 4. The van der Waals surface area contributed by atoms with Crippen LogP contribution >= 0.6 is 0 Å². The monoisotopic (exact) mass is 259 g/mol. The number of hydrogen-bond donors (Lipinski definition) is 3. The van der Waals surface area contributed by atoms with Crippen LogP contribution in [0.4, 0.5) is 16.2 Å². The average molecular weight is 259 g/mol. The van der Waals surface area contributed by atoms with Crippen LogP contribution < -0.4 is 16.4 Å². The second-order valence-electron chi connectivity index (χ2n) is 4.34. The molecule has 0 saturated heterocycles. The third-order valence-electron chi connectivity index (χ3n) is 2.73. The average Bonchev–Trinajstić information content (AvgIpc) is 2.65. The fraction of sp³-hybridized carbons (Fsp3) is 0.231. The molecule has 0 aliphatic heterocycles. The molecule has 0 aliphatic rings. The highest BCUT2D eigenvalue weighted by atomic mass is 16.2. The van der Waals surface area contributed by atoms with Crippen molar-refractivity contribution in [2.75, 3.05) is 10.6 Å². The second-order valence-corrected chi connectivity index (χ2v) is 4.34. The highest BCUT2D eigenvalue weighted by Crippen LogP contribution is 2.16. The number of carbonyl (C=O) groups is 1. The van der Waals surface area contributed by atoms with Crippen molar-refractivity contribution in [1.82, 2.24) is 9.78 Å². The van der Waals surface area contributed by atoms with Crippen molar-refractivity contribution in [3.8, 4) is 0 Å².